The smallest absolute Gasteiger partial charge is 0.325 e. The molecule has 0 radical (unpaired) electrons. The van der Waals surface area contributed by atoms with Crippen LogP contribution in [0, 0.1) is 0 Å². The lowest BCUT2D eigenvalue weighted by Gasteiger charge is -2.42. The van der Waals surface area contributed by atoms with E-state index in [9.17, 15) is 9.90 Å². The van der Waals surface area contributed by atoms with Crippen LogP contribution in [0.15, 0.2) is 18.2 Å². The summed E-state index contributed by atoms with van der Waals surface area (Å²) >= 11 is 0. The first-order valence-electron chi connectivity index (χ1n) is 8.44. The first-order valence-corrected chi connectivity index (χ1v) is 8.44. The highest BCUT2D eigenvalue weighted by Crippen LogP contribution is 2.34. The van der Waals surface area contributed by atoms with Crippen molar-refractivity contribution in [2.45, 2.75) is 32.4 Å². The number of aliphatic carboxylic acids is 1. The van der Waals surface area contributed by atoms with Crippen molar-refractivity contribution in [2.24, 2.45) is 0 Å². The predicted molar refractivity (Wildman–Crippen MR) is 92.8 cm³/mol. The van der Waals surface area contributed by atoms with Gasteiger partial charge >= 0.3 is 5.97 Å². The number of nitrogens with zero attached hydrogens (tertiary/aromatic N) is 2. The molecule has 1 aliphatic rings. The van der Waals surface area contributed by atoms with Crippen LogP contribution in [0.5, 0.6) is 11.5 Å². The van der Waals surface area contributed by atoms with Crippen molar-refractivity contribution >= 4 is 5.97 Å². The van der Waals surface area contributed by atoms with E-state index in [0.717, 1.165) is 32.6 Å². The summed E-state index contributed by atoms with van der Waals surface area (Å²) in [5.74, 6) is 0.345. The van der Waals surface area contributed by atoms with Gasteiger partial charge in [0.15, 0.2) is 0 Å². The standard InChI is InChI=1S/C18H28N2O4/c1-5-8-19-9-10-20(13(2)12-19)17(18(21)22)15-11-14(23-3)6-7-16(15)24-4/h6-7,11,13,17H,5,8-10,12H2,1-4H3,(H,21,22). The number of hydrogen-bond donors (Lipinski definition) is 1. The average molecular weight is 336 g/mol. The molecule has 1 aromatic rings. The van der Waals surface area contributed by atoms with Crippen LogP contribution in [0.1, 0.15) is 31.9 Å². The largest absolute Gasteiger partial charge is 0.497 e. The van der Waals surface area contributed by atoms with Gasteiger partial charge in [0.2, 0.25) is 0 Å². The van der Waals surface area contributed by atoms with E-state index in [1.54, 1.807) is 32.4 Å². The van der Waals surface area contributed by atoms with Crippen LogP contribution in [-0.4, -0.2) is 67.3 Å². The lowest BCUT2D eigenvalue weighted by atomic mass is 10.00. The summed E-state index contributed by atoms with van der Waals surface area (Å²) < 4.78 is 10.7. The van der Waals surface area contributed by atoms with E-state index in [4.69, 9.17) is 9.47 Å². The number of methoxy groups -OCH3 is 2. The molecule has 0 bridgehead atoms. The molecule has 0 saturated carbocycles. The van der Waals surface area contributed by atoms with E-state index < -0.39 is 12.0 Å². The lowest BCUT2D eigenvalue weighted by molar-refractivity contribution is -0.145. The average Bonchev–Trinajstić information content (AvgIpc) is 2.57. The van der Waals surface area contributed by atoms with Gasteiger partial charge in [0, 0.05) is 31.2 Å². The van der Waals surface area contributed by atoms with Crippen LogP contribution >= 0.6 is 0 Å². The van der Waals surface area contributed by atoms with Crippen molar-refractivity contribution in [1.29, 1.82) is 0 Å². The van der Waals surface area contributed by atoms with Crippen LogP contribution < -0.4 is 9.47 Å². The summed E-state index contributed by atoms with van der Waals surface area (Å²) in [5.41, 5.74) is 0.639. The minimum absolute atomic E-state index is 0.155. The molecule has 1 heterocycles. The SMILES string of the molecule is CCCN1CCN(C(C(=O)O)c2cc(OC)ccc2OC)C(C)C1. The Kier molecular flexibility index (Phi) is 6.45. The first-order chi connectivity index (χ1) is 11.5. The second-order valence-electron chi connectivity index (χ2n) is 6.24. The highest BCUT2D eigenvalue weighted by atomic mass is 16.5. The van der Waals surface area contributed by atoms with Gasteiger partial charge in [-0.15, -0.1) is 0 Å². The lowest BCUT2D eigenvalue weighted by Crippen LogP contribution is -2.54. The molecule has 134 valence electrons. The molecule has 0 aromatic heterocycles. The van der Waals surface area contributed by atoms with Gasteiger partial charge in [-0.3, -0.25) is 9.69 Å². The summed E-state index contributed by atoms with van der Waals surface area (Å²) in [5, 5.41) is 9.90. The number of carbonyl (C=O) groups is 1. The molecular formula is C18H28N2O4. The molecule has 0 spiro atoms. The second kappa shape index (κ2) is 8.35. The normalized spacial score (nSPS) is 20.6. The van der Waals surface area contributed by atoms with Crippen molar-refractivity contribution in [3.63, 3.8) is 0 Å². The predicted octanol–water partition coefficient (Wildman–Crippen LogP) is 2.25. The molecule has 2 unspecified atom stereocenters. The van der Waals surface area contributed by atoms with Gasteiger partial charge in [-0.25, -0.2) is 0 Å². The maximum absolute atomic E-state index is 12.1. The number of carboxylic acid groups (broad SMARTS) is 1. The van der Waals surface area contributed by atoms with Gasteiger partial charge < -0.3 is 19.5 Å². The van der Waals surface area contributed by atoms with Gasteiger partial charge in [0.25, 0.3) is 0 Å². The Morgan fingerprint density at radius 2 is 2.08 bits per heavy atom. The molecule has 1 aliphatic heterocycles. The number of benzene rings is 1. The maximum Gasteiger partial charge on any atom is 0.325 e. The monoisotopic (exact) mass is 336 g/mol. The Labute approximate surface area is 144 Å². The van der Waals surface area contributed by atoms with Gasteiger partial charge in [0.05, 0.1) is 14.2 Å². The Morgan fingerprint density at radius 1 is 1.33 bits per heavy atom. The number of rotatable bonds is 7. The van der Waals surface area contributed by atoms with Crippen LogP contribution in [0.4, 0.5) is 0 Å². The summed E-state index contributed by atoms with van der Waals surface area (Å²) in [6.07, 6.45) is 1.11. The summed E-state index contributed by atoms with van der Waals surface area (Å²) in [6, 6.07) is 4.73. The topological polar surface area (TPSA) is 62.2 Å². The van der Waals surface area contributed by atoms with E-state index in [0.29, 0.717) is 17.1 Å². The molecule has 1 saturated heterocycles. The number of piperazine rings is 1. The highest BCUT2D eigenvalue weighted by molar-refractivity contribution is 5.77. The minimum atomic E-state index is -0.864. The molecule has 1 aromatic carbocycles. The van der Waals surface area contributed by atoms with E-state index in [1.165, 1.54) is 0 Å². The molecule has 24 heavy (non-hydrogen) atoms. The molecule has 6 nitrogen and oxygen atoms in total. The molecule has 1 fully saturated rings. The van der Waals surface area contributed by atoms with E-state index in [-0.39, 0.29) is 6.04 Å². The Bertz CT molecular complexity index is 564. The fourth-order valence-corrected chi connectivity index (χ4v) is 3.46. The van der Waals surface area contributed by atoms with Crippen molar-refractivity contribution in [2.75, 3.05) is 40.4 Å². The van der Waals surface area contributed by atoms with Crippen molar-refractivity contribution in [3.8, 4) is 11.5 Å². The third kappa shape index (κ3) is 3.99. The quantitative estimate of drug-likeness (QED) is 0.824. The van der Waals surface area contributed by atoms with Gasteiger partial charge in [-0.2, -0.15) is 0 Å². The van der Waals surface area contributed by atoms with Gasteiger partial charge in [-0.1, -0.05) is 6.92 Å². The van der Waals surface area contributed by atoms with Gasteiger partial charge in [-0.05, 0) is 38.1 Å². The number of ether oxygens (including phenoxy) is 2. The minimum Gasteiger partial charge on any atom is -0.497 e. The van der Waals surface area contributed by atoms with Crippen molar-refractivity contribution in [1.82, 2.24) is 9.80 Å². The van der Waals surface area contributed by atoms with Crippen LogP contribution in [-0.2, 0) is 4.79 Å². The Hall–Kier alpha value is -1.79. The summed E-state index contributed by atoms with van der Waals surface area (Å²) in [7, 11) is 3.14. The fraction of sp³-hybridized carbons (Fsp3) is 0.611. The van der Waals surface area contributed by atoms with Crippen molar-refractivity contribution < 1.29 is 19.4 Å². The molecular weight excluding hydrogens is 308 g/mol. The number of carboxylic acids is 1. The Balaban J connectivity index is 2.32. The van der Waals surface area contributed by atoms with E-state index >= 15 is 0 Å². The van der Waals surface area contributed by atoms with Crippen LogP contribution in [0.25, 0.3) is 0 Å². The zero-order valence-corrected chi connectivity index (χ0v) is 15.0. The second-order valence-corrected chi connectivity index (χ2v) is 6.24. The van der Waals surface area contributed by atoms with Crippen LogP contribution in [0.3, 0.4) is 0 Å². The van der Waals surface area contributed by atoms with Crippen molar-refractivity contribution in [3.05, 3.63) is 23.8 Å². The molecule has 2 rings (SSSR count). The molecule has 0 amide bonds. The zero-order valence-electron chi connectivity index (χ0n) is 15.0. The van der Waals surface area contributed by atoms with E-state index in [1.807, 2.05) is 4.90 Å². The molecule has 6 heteroatoms. The van der Waals surface area contributed by atoms with Crippen LogP contribution in [0.2, 0.25) is 0 Å². The third-order valence-electron chi connectivity index (χ3n) is 4.60. The number of hydrogen-bond acceptors (Lipinski definition) is 5. The third-order valence-corrected chi connectivity index (χ3v) is 4.60. The molecule has 0 aliphatic carbocycles. The zero-order chi connectivity index (χ0) is 17.7. The molecule has 1 N–H and O–H groups in total. The highest BCUT2D eigenvalue weighted by Gasteiger charge is 2.36. The summed E-state index contributed by atoms with van der Waals surface area (Å²) in [6.45, 7) is 7.79. The maximum atomic E-state index is 12.1. The summed E-state index contributed by atoms with van der Waals surface area (Å²) in [4.78, 5) is 16.5. The van der Waals surface area contributed by atoms with E-state index in [2.05, 4.69) is 18.7 Å². The first kappa shape index (κ1) is 18.5. The van der Waals surface area contributed by atoms with Gasteiger partial charge in [0.1, 0.15) is 17.5 Å². The Morgan fingerprint density at radius 3 is 2.62 bits per heavy atom. The fourth-order valence-electron chi connectivity index (χ4n) is 3.46. The molecule has 2 atom stereocenters.